The molecule has 0 spiro atoms. The molecule has 0 aromatic carbocycles. The molecule has 0 radical (unpaired) electrons. The molecule has 16 heavy (non-hydrogen) atoms. The van der Waals surface area contributed by atoms with Gasteiger partial charge in [0.05, 0.1) is 12.1 Å². The second kappa shape index (κ2) is 3.34. The number of nitrogens with zero attached hydrogens (tertiary/aromatic N) is 1. The van der Waals surface area contributed by atoms with Crippen LogP contribution in [0.5, 0.6) is 0 Å². The predicted molar refractivity (Wildman–Crippen MR) is 67.8 cm³/mol. The molecule has 0 bridgehead atoms. The lowest BCUT2D eigenvalue weighted by Crippen LogP contribution is -2.15. The van der Waals surface area contributed by atoms with Gasteiger partial charge >= 0.3 is 0 Å². The Kier molecular flexibility index (Phi) is 2.17. The van der Waals surface area contributed by atoms with E-state index in [1.807, 2.05) is 12.1 Å². The van der Waals surface area contributed by atoms with Crippen LogP contribution in [0.1, 0.15) is 24.1 Å². The number of hydrogen-bond donors (Lipinski definition) is 1. The summed E-state index contributed by atoms with van der Waals surface area (Å²) in [4.78, 5) is 0. The molecule has 1 aliphatic carbocycles. The van der Waals surface area contributed by atoms with Crippen molar-refractivity contribution in [2.45, 2.75) is 25.2 Å². The molecule has 0 atom stereocenters. The van der Waals surface area contributed by atoms with E-state index >= 15 is 0 Å². The summed E-state index contributed by atoms with van der Waals surface area (Å²) in [6.45, 7) is 2.38. The van der Waals surface area contributed by atoms with Crippen LogP contribution in [0.25, 0.3) is 5.52 Å². The largest absolute Gasteiger partial charge is 0.395 e. The SMILES string of the molecule is Cc1c(Br)c2ccccn2c1C1(CO)CC1. The molecule has 2 aromatic rings. The Labute approximate surface area is 103 Å². The van der Waals surface area contributed by atoms with E-state index in [0.717, 1.165) is 17.3 Å². The topological polar surface area (TPSA) is 24.6 Å². The van der Waals surface area contributed by atoms with E-state index in [4.69, 9.17) is 0 Å². The maximum absolute atomic E-state index is 9.57. The summed E-state index contributed by atoms with van der Waals surface area (Å²) in [5, 5.41) is 9.57. The summed E-state index contributed by atoms with van der Waals surface area (Å²) in [6, 6.07) is 6.19. The third kappa shape index (κ3) is 1.22. The fourth-order valence-corrected chi connectivity index (χ4v) is 3.08. The van der Waals surface area contributed by atoms with Crippen molar-refractivity contribution >= 4 is 21.4 Å². The molecule has 2 aromatic heterocycles. The molecule has 3 rings (SSSR count). The van der Waals surface area contributed by atoms with Gasteiger partial charge in [0.1, 0.15) is 0 Å². The van der Waals surface area contributed by atoms with Gasteiger partial charge in [0.2, 0.25) is 0 Å². The lowest BCUT2D eigenvalue weighted by molar-refractivity contribution is 0.251. The highest BCUT2D eigenvalue weighted by Crippen LogP contribution is 2.50. The average molecular weight is 280 g/mol. The number of aromatic nitrogens is 1. The van der Waals surface area contributed by atoms with Crippen LogP contribution in [-0.2, 0) is 5.41 Å². The number of hydrogen-bond acceptors (Lipinski definition) is 1. The van der Waals surface area contributed by atoms with Gasteiger partial charge in [-0.2, -0.15) is 0 Å². The maximum Gasteiger partial charge on any atom is 0.0598 e. The minimum absolute atomic E-state index is 0.0143. The van der Waals surface area contributed by atoms with Crippen LogP contribution < -0.4 is 0 Å². The highest BCUT2D eigenvalue weighted by atomic mass is 79.9. The molecule has 0 aliphatic heterocycles. The smallest absolute Gasteiger partial charge is 0.0598 e. The van der Waals surface area contributed by atoms with Gasteiger partial charge in [-0.15, -0.1) is 0 Å². The van der Waals surface area contributed by atoms with Crippen molar-refractivity contribution in [3.63, 3.8) is 0 Å². The lowest BCUT2D eigenvalue weighted by atomic mass is 10.0. The predicted octanol–water partition coefficient (Wildman–Crippen LogP) is 3.03. The molecule has 2 heterocycles. The number of pyridine rings is 1. The molecule has 0 amide bonds. The fourth-order valence-electron chi connectivity index (χ4n) is 2.57. The number of fused-ring (bicyclic) bond motifs is 1. The molecule has 2 nitrogen and oxygen atoms in total. The zero-order valence-electron chi connectivity index (χ0n) is 9.20. The minimum Gasteiger partial charge on any atom is -0.395 e. The van der Waals surface area contributed by atoms with Gasteiger partial charge in [-0.3, -0.25) is 0 Å². The van der Waals surface area contributed by atoms with E-state index in [1.54, 1.807) is 0 Å². The van der Waals surface area contributed by atoms with Crippen molar-refractivity contribution < 1.29 is 5.11 Å². The van der Waals surface area contributed by atoms with Gasteiger partial charge < -0.3 is 9.51 Å². The van der Waals surface area contributed by atoms with Crippen LogP contribution >= 0.6 is 15.9 Å². The molecule has 1 aliphatic rings. The number of aliphatic hydroxyl groups excluding tert-OH is 1. The van der Waals surface area contributed by atoms with Crippen molar-refractivity contribution in [1.29, 1.82) is 0 Å². The Morgan fingerprint density at radius 2 is 2.19 bits per heavy atom. The molecule has 0 unspecified atom stereocenters. The van der Waals surface area contributed by atoms with E-state index < -0.39 is 0 Å². The lowest BCUT2D eigenvalue weighted by Gasteiger charge is -2.13. The summed E-state index contributed by atoms with van der Waals surface area (Å²) < 4.78 is 3.37. The minimum atomic E-state index is 0.0143. The van der Waals surface area contributed by atoms with Gasteiger partial charge in [-0.05, 0) is 53.4 Å². The van der Waals surface area contributed by atoms with Gasteiger partial charge in [0.25, 0.3) is 0 Å². The normalized spacial score (nSPS) is 17.9. The number of rotatable bonds is 2. The van der Waals surface area contributed by atoms with Crippen molar-refractivity contribution in [3.05, 3.63) is 40.1 Å². The molecule has 0 saturated heterocycles. The Balaban J connectivity index is 2.36. The zero-order chi connectivity index (χ0) is 11.3. The molecule has 84 valence electrons. The van der Waals surface area contributed by atoms with Crippen LogP contribution in [0.15, 0.2) is 28.9 Å². The first-order valence-corrected chi connectivity index (χ1v) is 6.35. The van der Waals surface area contributed by atoms with E-state index in [2.05, 4.69) is 39.5 Å². The van der Waals surface area contributed by atoms with Crippen LogP contribution in [0.2, 0.25) is 0 Å². The third-order valence-electron chi connectivity index (χ3n) is 3.67. The van der Waals surface area contributed by atoms with Gasteiger partial charge in [-0.1, -0.05) is 6.07 Å². The van der Waals surface area contributed by atoms with Crippen molar-refractivity contribution in [2.24, 2.45) is 0 Å². The van der Waals surface area contributed by atoms with Gasteiger partial charge in [-0.25, -0.2) is 0 Å². The van der Waals surface area contributed by atoms with E-state index in [-0.39, 0.29) is 12.0 Å². The molecular formula is C13H14BrNO. The van der Waals surface area contributed by atoms with Crippen LogP contribution in [0, 0.1) is 6.92 Å². The van der Waals surface area contributed by atoms with E-state index in [9.17, 15) is 5.11 Å². The highest BCUT2D eigenvalue weighted by molar-refractivity contribution is 9.10. The number of aliphatic hydroxyl groups is 1. The van der Waals surface area contributed by atoms with Crippen molar-refractivity contribution in [3.8, 4) is 0 Å². The van der Waals surface area contributed by atoms with Crippen LogP contribution in [0.4, 0.5) is 0 Å². The summed E-state index contributed by atoms with van der Waals surface area (Å²) in [5.41, 5.74) is 3.74. The van der Waals surface area contributed by atoms with Gasteiger partial charge in [0.15, 0.2) is 0 Å². The Morgan fingerprint density at radius 3 is 2.81 bits per heavy atom. The highest BCUT2D eigenvalue weighted by Gasteiger charge is 2.47. The first-order chi connectivity index (χ1) is 7.69. The summed E-state index contributed by atoms with van der Waals surface area (Å²) in [5.74, 6) is 0. The second-order valence-electron chi connectivity index (χ2n) is 4.68. The van der Waals surface area contributed by atoms with Gasteiger partial charge in [0, 0.05) is 21.8 Å². The molecule has 3 heteroatoms. The van der Waals surface area contributed by atoms with E-state index in [0.29, 0.717) is 0 Å². The first kappa shape index (κ1) is 10.4. The maximum atomic E-state index is 9.57. The van der Waals surface area contributed by atoms with E-state index in [1.165, 1.54) is 16.8 Å². The summed E-state index contributed by atoms with van der Waals surface area (Å²) >= 11 is 3.65. The second-order valence-corrected chi connectivity index (χ2v) is 5.47. The summed E-state index contributed by atoms with van der Waals surface area (Å²) in [6.07, 6.45) is 4.27. The molecule has 1 saturated carbocycles. The fraction of sp³-hybridized carbons (Fsp3) is 0.385. The van der Waals surface area contributed by atoms with Crippen LogP contribution in [0.3, 0.4) is 0 Å². The number of halogens is 1. The van der Waals surface area contributed by atoms with Crippen molar-refractivity contribution in [1.82, 2.24) is 4.40 Å². The molecule has 1 N–H and O–H groups in total. The average Bonchev–Trinajstić information content (AvgIpc) is 3.05. The quantitative estimate of drug-likeness (QED) is 0.898. The monoisotopic (exact) mass is 279 g/mol. The van der Waals surface area contributed by atoms with Crippen LogP contribution in [-0.4, -0.2) is 16.1 Å². The Hall–Kier alpha value is -0.800. The first-order valence-electron chi connectivity index (χ1n) is 5.56. The molecule has 1 fully saturated rings. The Morgan fingerprint density at radius 1 is 1.44 bits per heavy atom. The summed E-state index contributed by atoms with van der Waals surface area (Å²) in [7, 11) is 0. The molecular weight excluding hydrogens is 266 g/mol. The Bertz CT molecular complexity index is 554. The zero-order valence-corrected chi connectivity index (χ0v) is 10.8. The standard InChI is InChI=1S/C13H14BrNO/c1-9-11(14)10-4-2-3-7-15(10)12(9)13(8-16)5-6-13/h2-4,7,16H,5-6,8H2,1H3. The third-order valence-corrected chi connectivity index (χ3v) is 4.67. The van der Waals surface area contributed by atoms with Crippen molar-refractivity contribution in [2.75, 3.05) is 6.61 Å².